The highest BCUT2D eigenvalue weighted by Crippen LogP contribution is 2.32. The summed E-state index contributed by atoms with van der Waals surface area (Å²) in [6.07, 6.45) is -0.774. The van der Waals surface area contributed by atoms with Crippen molar-refractivity contribution in [2.75, 3.05) is 12.4 Å². The predicted molar refractivity (Wildman–Crippen MR) is 129 cm³/mol. The van der Waals surface area contributed by atoms with Gasteiger partial charge in [-0.25, -0.2) is 4.98 Å². The van der Waals surface area contributed by atoms with Crippen molar-refractivity contribution in [2.24, 2.45) is 0 Å². The maximum absolute atomic E-state index is 13.0. The molecule has 0 saturated carbocycles. The minimum absolute atomic E-state index is 0.0469. The quantitative estimate of drug-likeness (QED) is 0.369. The zero-order valence-corrected chi connectivity index (χ0v) is 20.3. The molecular formula is C22H23Cl2N3O4S. The molecule has 7 nitrogen and oxygen atoms in total. The smallest absolute Gasteiger partial charge is 0.262 e. The highest BCUT2D eigenvalue weighted by Gasteiger charge is 2.21. The second kappa shape index (κ2) is 10.1. The third-order valence-corrected chi connectivity index (χ3v) is 6.45. The van der Waals surface area contributed by atoms with E-state index >= 15 is 0 Å². The monoisotopic (exact) mass is 495 g/mol. The van der Waals surface area contributed by atoms with E-state index in [4.69, 9.17) is 27.9 Å². The Morgan fingerprint density at radius 3 is 2.66 bits per heavy atom. The number of ether oxygens (including phenoxy) is 1. The van der Waals surface area contributed by atoms with Gasteiger partial charge in [0.05, 0.1) is 41.6 Å². The van der Waals surface area contributed by atoms with Gasteiger partial charge in [-0.2, -0.15) is 0 Å². The second-order valence-corrected chi connectivity index (χ2v) is 9.52. The number of fused-ring (bicyclic) bond motifs is 1. The van der Waals surface area contributed by atoms with Crippen molar-refractivity contribution < 1.29 is 14.6 Å². The number of nitrogens with zero attached hydrogens (tertiary/aromatic N) is 2. The molecule has 2 atom stereocenters. The van der Waals surface area contributed by atoms with Crippen LogP contribution in [-0.4, -0.2) is 39.0 Å². The van der Waals surface area contributed by atoms with E-state index in [1.54, 1.807) is 44.2 Å². The number of thioether (sulfide) groups is 1. The molecule has 0 aliphatic heterocycles. The summed E-state index contributed by atoms with van der Waals surface area (Å²) in [6, 6.07) is 8.19. The number of halogens is 2. The molecule has 32 heavy (non-hydrogen) atoms. The molecule has 3 aromatic rings. The van der Waals surface area contributed by atoms with Gasteiger partial charge in [0, 0.05) is 16.1 Å². The number of hydrogen-bond donors (Lipinski definition) is 2. The first-order valence-electron chi connectivity index (χ1n) is 9.80. The third kappa shape index (κ3) is 5.38. The minimum atomic E-state index is -0.774. The number of nitrogens with one attached hydrogen (secondary N) is 1. The van der Waals surface area contributed by atoms with Gasteiger partial charge >= 0.3 is 0 Å². The normalized spacial score (nSPS) is 13.1. The van der Waals surface area contributed by atoms with Crippen molar-refractivity contribution in [2.45, 2.75) is 43.8 Å². The Hall–Kier alpha value is -2.26. The molecule has 0 radical (unpaired) electrons. The standard InChI is InChI=1S/C22H23Cl2N3O4S/c1-11-7-18(19(31-4)9-16(11)24)25-20(29)13(3)32-22-26-17-8-14(23)5-6-15(17)21(30)27(22)10-12(2)28/h5-9,12-13,28H,10H2,1-4H3,(H,25,29)/t12-,13+/m1/s1. The number of aliphatic hydroxyl groups is 1. The number of carbonyl (C=O) groups is 1. The lowest BCUT2D eigenvalue weighted by Crippen LogP contribution is -2.29. The molecular weight excluding hydrogens is 473 g/mol. The first-order chi connectivity index (χ1) is 15.1. The molecule has 1 heterocycles. The Morgan fingerprint density at radius 1 is 1.28 bits per heavy atom. The third-order valence-electron chi connectivity index (χ3n) is 4.72. The minimum Gasteiger partial charge on any atom is -0.495 e. The molecule has 0 aliphatic rings. The molecule has 10 heteroatoms. The lowest BCUT2D eigenvalue weighted by atomic mass is 10.2. The molecule has 170 valence electrons. The number of aromatic nitrogens is 2. The average Bonchev–Trinajstić information content (AvgIpc) is 2.72. The number of aryl methyl sites for hydroxylation is 1. The van der Waals surface area contributed by atoms with Gasteiger partial charge in [-0.15, -0.1) is 0 Å². The number of benzene rings is 2. The van der Waals surface area contributed by atoms with Crippen molar-refractivity contribution in [1.29, 1.82) is 0 Å². The molecule has 0 aliphatic carbocycles. The molecule has 0 saturated heterocycles. The van der Waals surface area contributed by atoms with E-state index in [9.17, 15) is 14.7 Å². The Kier molecular flexibility index (Phi) is 7.71. The van der Waals surface area contributed by atoms with E-state index in [1.165, 1.54) is 11.7 Å². The molecule has 0 unspecified atom stereocenters. The molecule has 2 N–H and O–H groups in total. The summed E-state index contributed by atoms with van der Waals surface area (Å²) < 4.78 is 6.69. The number of methoxy groups -OCH3 is 1. The van der Waals surface area contributed by atoms with Gasteiger partial charge in [-0.3, -0.25) is 14.2 Å². The van der Waals surface area contributed by atoms with Crippen LogP contribution in [0, 0.1) is 6.92 Å². The summed E-state index contributed by atoms with van der Waals surface area (Å²) in [7, 11) is 1.49. The number of carbonyl (C=O) groups excluding carboxylic acids is 1. The van der Waals surface area contributed by atoms with Crippen LogP contribution in [-0.2, 0) is 11.3 Å². The van der Waals surface area contributed by atoms with Crippen LogP contribution in [0.4, 0.5) is 5.69 Å². The summed E-state index contributed by atoms with van der Waals surface area (Å²) in [5.74, 6) is 0.134. The molecule has 1 amide bonds. The van der Waals surface area contributed by atoms with E-state index in [2.05, 4.69) is 10.3 Å². The van der Waals surface area contributed by atoms with Crippen LogP contribution in [0.15, 0.2) is 40.3 Å². The highest BCUT2D eigenvalue weighted by molar-refractivity contribution is 8.00. The largest absolute Gasteiger partial charge is 0.495 e. The van der Waals surface area contributed by atoms with Gasteiger partial charge in [0.2, 0.25) is 5.91 Å². The first kappa shape index (κ1) is 24.4. The van der Waals surface area contributed by atoms with E-state index in [1.807, 2.05) is 6.92 Å². The second-order valence-electron chi connectivity index (χ2n) is 7.37. The Balaban J connectivity index is 1.93. The fourth-order valence-electron chi connectivity index (χ4n) is 3.06. The number of hydrogen-bond acceptors (Lipinski definition) is 6. The number of amides is 1. The molecule has 0 fully saturated rings. The number of rotatable bonds is 7. The summed E-state index contributed by atoms with van der Waals surface area (Å²) >= 11 is 13.3. The fraction of sp³-hybridized carbons (Fsp3) is 0.318. The van der Waals surface area contributed by atoms with Gasteiger partial charge in [0.1, 0.15) is 5.75 Å². The zero-order valence-electron chi connectivity index (χ0n) is 18.0. The van der Waals surface area contributed by atoms with Crippen molar-refractivity contribution in [3.8, 4) is 5.75 Å². The van der Waals surface area contributed by atoms with Gasteiger partial charge in [0.25, 0.3) is 5.56 Å². The lowest BCUT2D eigenvalue weighted by Gasteiger charge is -2.18. The summed E-state index contributed by atoms with van der Waals surface area (Å²) in [5.41, 5.74) is 1.40. The number of aliphatic hydroxyl groups excluding tert-OH is 1. The average molecular weight is 496 g/mol. The van der Waals surface area contributed by atoms with Crippen LogP contribution in [0.5, 0.6) is 5.75 Å². The summed E-state index contributed by atoms with van der Waals surface area (Å²) in [6.45, 7) is 5.16. The molecule has 0 spiro atoms. The van der Waals surface area contributed by atoms with E-state index in [-0.39, 0.29) is 18.0 Å². The van der Waals surface area contributed by atoms with E-state index in [0.29, 0.717) is 37.5 Å². The lowest BCUT2D eigenvalue weighted by molar-refractivity contribution is -0.115. The van der Waals surface area contributed by atoms with Crippen molar-refractivity contribution >= 4 is 57.5 Å². The Bertz CT molecular complexity index is 1230. The zero-order chi connectivity index (χ0) is 23.6. The summed E-state index contributed by atoms with van der Waals surface area (Å²) in [5, 5.41) is 13.8. The van der Waals surface area contributed by atoms with Crippen LogP contribution in [0.25, 0.3) is 10.9 Å². The van der Waals surface area contributed by atoms with Crippen LogP contribution >= 0.6 is 35.0 Å². The van der Waals surface area contributed by atoms with Gasteiger partial charge in [0.15, 0.2) is 5.16 Å². The molecule has 0 bridgehead atoms. The predicted octanol–water partition coefficient (Wildman–Crippen LogP) is 4.52. The molecule has 1 aromatic heterocycles. The topological polar surface area (TPSA) is 93.5 Å². The van der Waals surface area contributed by atoms with Crippen molar-refractivity contribution in [3.63, 3.8) is 0 Å². The van der Waals surface area contributed by atoms with Gasteiger partial charge < -0.3 is 15.2 Å². The SMILES string of the molecule is COc1cc(Cl)c(C)cc1NC(=O)[C@H](C)Sc1nc2cc(Cl)ccc2c(=O)n1C[C@@H](C)O. The Morgan fingerprint density at radius 2 is 2.00 bits per heavy atom. The van der Waals surface area contributed by atoms with Crippen molar-refractivity contribution in [3.05, 3.63) is 56.3 Å². The van der Waals surface area contributed by atoms with Gasteiger partial charge in [-0.05, 0) is 50.6 Å². The maximum atomic E-state index is 13.0. The summed E-state index contributed by atoms with van der Waals surface area (Å²) in [4.78, 5) is 30.5. The number of anilines is 1. The van der Waals surface area contributed by atoms with Gasteiger partial charge in [-0.1, -0.05) is 35.0 Å². The van der Waals surface area contributed by atoms with Crippen LogP contribution in [0.2, 0.25) is 10.0 Å². The van der Waals surface area contributed by atoms with E-state index < -0.39 is 11.4 Å². The van der Waals surface area contributed by atoms with Crippen LogP contribution in [0.3, 0.4) is 0 Å². The Labute approximate surface area is 199 Å². The van der Waals surface area contributed by atoms with Crippen molar-refractivity contribution in [1.82, 2.24) is 9.55 Å². The first-order valence-corrected chi connectivity index (χ1v) is 11.4. The van der Waals surface area contributed by atoms with Crippen LogP contribution in [0.1, 0.15) is 19.4 Å². The molecule has 3 rings (SSSR count). The highest BCUT2D eigenvalue weighted by atomic mass is 35.5. The maximum Gasteiger partial charge on any atom is 0.262 e. The van der Waals surface area contributed by atoms with E-state index in [0.717, 1.165) is 17.3 Å². The fourth-order valence-corrected chi connectivity index (χ4v) is 4.30. The molecule has 2 aromatic carbocycles. The van der Waals surface area contributed by atoms with Crippen LogP contribution < -0.4 is 15.6 Å².